The van der Waals surface area contributed by atoms with Gasteiger partial charge in [0.15, 0.2) is 5.78 Å². The quantitative estimate of drug-likeness (QED) is 0.727. The van der Waals surface area contributed by atoms with Crippen LogP contribution in [0.15, 0.2) is 53.3 Å². The Morgan fingerprint density at radius 1 is 1.04 bits per heavy atom. The van der Waals surface area contributed by atoms with E-state index >= 15 is 0 Å². The van der Waals surface area contributed by atoms with Gasteiger partial charge < -0.3 is 0 Å². The Balaban J connectivity index is 1.54. The first-order valence-electron chi connectivity index (χ1n) is 8.07. The molecule has 0 N–H and O–H groups in total. The lowest BCUT2D eigenvalue weighted by Crippen LogP contribution is -2.49. The molecule has 1 aromatic heterocycles. The summed E-state index contributed by atoms with van der Waals surface area (Å²) in [5.41, 5.74) is 0.853. The van der Waals surface area contributed by atoms with Crippen LogP contribution in [0.3, 0.4) is 0 Å². The normalized spacial score (nSPS) is 17.1. The van der Waals surface area contributed by atoms with Crippen molar-refractivity contribution in [3.05, 3.63) is 63.7 Å². The Bertz CT molecular complexity index is 822. The van der Waals surface area contributed by atoms with Gasteiger partial charge in [-0.05, 0) is 23.1 Å². The third-order valence-electron chi connectivity index (χ3n) is 4.09. The predicted octanol–water partition coefficient (Wildman–Crippen LogP) is 2.55. The number of nitrogens with zero attached hydrogens (tertiary/aromatic N) is 2. The van der Waals surface area contributed by atoms with Gasteiger partial charge in [0.05, 0.1) is 11.4 Å². The number of hydrogen-bond acceptors (Lipinski definition) is 5. The van der Waals surface area contributed by atoms with Crippen molar-refractivity contribution in [2.45, 2.75) is 0 Å². The van der Waals surface area contributed by atoms with Crippen LogP contribution in [-0.2, 0) is 10.0 Å². The van der Waals surface area contributed by atoms with E-state index < -0.39 is 10.0 Å². The number of benzene rings is 1. The van der Waals surface area contributed by atoms with Crippen molar-refractivity contribution in [1.82, 2.24) is 9.21 Å². The SMILES string of the molecule is O=C(CN1CCN(S(=O)(=O)/C=C/c2ccccc2)CC1)c1cccs1. The lowest BCUT2D eigenvalue weighted by molar-refractivity contribution is 0.0906. The summed E-state index contributed by atoms with van der Waals surface area (Å²) in [7, 11) is -3.43. The molecule has 0 saturated carbocycles. The van der Waals surface area contributed by atoms with E-state index in [1.54, 1.807) is 6.08 Å². The van der Waals surface area contributed by atoms with Gasteiger partial charge >= 0.3 is 0 Å². The molecule has 5 nitrogen and oxygen atoms in total. The third kappa shape index (κ3) is 4.85. The smallest absolute Gasteiger partial charge is 0.236 e. The van der Waals surface area contributed by atoms with E-state index in [1.807, 2.05) is 52.7 Å². The molecular formula is C18H20N2O3S2. The second-order valence-corrected chi connectivity index (χ2v) is 8.60. The molecule has 0 amide bonds. The van der Waals surface area contributed by atoms with Crippen LogP contribution in [0.5, 0.6) is 0 Å². The molecule has 0 unspecified atom stereocenters. The molecule has 1 aromatic carbocycles. The molecule has 1 saturated heterocycles. The number of carbonyl (C=O) groups is 1. The van der Waals surface area contributed by atoms with Gasteiger partial charge in [0.1, 0.15) is 0 Å². The highest BCUT2D eigenvalue weighted by molar-refractivity contribution is 7.92. The molecule has 1 aliphatic rings. The average molecular weight is 377 g/mol. The summed E-state index contributed by atoms with van der Waals surface area (Å²) in [6.45, 7) is 2.28. The number of ketones is 1. The summed E-state index contributed by atoms with van der Waals surface area (Å²) in [4.78, 5) is 14.9. The van der Waals surface area contributed by atoms with E-state index in [1.165, 1.54) is 21.1 Å². The van der Waals surface area contributed by atoms with Gasteiger partial charge in [-0.2, -0.15) is 4.31 Å². The highest BCUT2D eigenvalue weighted by Gasteiger charge is 2.26. The molecule has 3 rings (SSSR count). The van der Waals surface area contributed by atoms with Gasteiger partial charge in [-0.1, -0.05) is 36.4 Å². The minimum Gasteiger partial charge on any atom is -0.293 e. The Hall–Kier alpha value is -1.80. The van der Waals surface area contributed by atoms with Crippen LogP contribution in [0.1, 0.15) is 15.2 Å². The fraction of sp³-hybridized carbons (Fsp3) is 0.278. The number of carbonyl (C=O) groups excluding carboxylic acids is 1. The Morgan fingerprint density at radius 2 is 1.76 bits per heavy atom. The first-order valence-corrected chi connectivity index (χ1v) is 10.5. The maximum Gasteiger partial charge on any atom is 0.236 e. The molecule has 1 fully saturated rings. The molecule has 132 valence electrons. The van der Waals surface area contributed by atoms with E-state index in [9.17, 15) is 13.2 Å². The van der Waals surface area contributed by atoms with E-state index in [0.29, 0.717) is 32.7 Å². The molecule has 2 aromatic rings. The fourth-order valence-electron chi connectivity index (χ4n) is 2.68. The van der Waals surface area contributed by atoms with Crippen LogP contribution in [0.2, 0.25) is 0 Å². The summed E-state index contributed by atoms with van der Waals surface area (Å²) < 4.78 is 26.3. The van der Waals surface area contributed by atoms with E-state index in [-0.39, 0.29) is 5.78 Å². The van der Waals surface area contributed by atoms with Gasteiger partial charge in [0.25, 0.3) is 0 Å². The van der Waals surface area contributed by atoms with E-state index in [2.05, 4.69) is 0 Å². The highest BCUT2D eigenvalue weighted by Crippen LogP contribution is 2.14. The van der Waals surface area contributed by atoms with Crippen molar-refractivity contribution in [2.75, 3.05) is 32.7 Å². The average Bonchev–Trinajstić information content (AvgIpc) is 3.16. The monoisotopic (exact) mass is 376 g/mol. The van der Waals surface area contributed by atoms with Crippen molar-refractivity contribution in [3.8, 4) is 0 Å². The molecule has 0 spiro atoms. The topological polar surface area (TPSA) is 57.7 Å². The molecule has 0 bridgehead atoms. The van der Waals surface area contributed by atoms with Gasteiger partial charge in [0, 0.05) is 31.6 Å². The molecule has 7 heteroatoms. The highest BCUT2D eigenvalue weighted by atomic mass is 32.2. The van der Waals surface area contributed by atoms with Crippen molar-refractivity contribution in [3.63, 3.8) is 0 Å². The zero-order valence-electron chi connectivity index (χ0n) is 13.7. The van der Waals surface area contributed by atoms with Gasteiger partial charge in [-0.25, -0.2) is 8.42 Å². The van der Waals surface area contributed by atoms with Crippen molar-refractivity contribution < 1.29 is 13.2 Å². The van der Waals surface area contributed by atoms with E-state index in [4.69, 9.17) is 0 Å². The predicted molar refractivity (Wildman–Crippen MR) is 101 cm³/mol. The zero-order valence-corrected chi connectivity index (χ0v) is 15.4. The number of sulfonamides is 1. The molecule has 0 aliphatic carbocycles. The first-order chi connectivity index (χ1) is 12.0. The van der Waals surface area contributed by atoms with E-state index in [0.717, 1.165) is 10.4 Å². The van der Waals surface area contributed by atoms with Gasteiger partial charge in [-0.3, -0.25) is 9.69 Å². The Morgan fingerprint density at radius 3 is 2.40 bits per heavy atom. The molecular weight excluding hydrogens is 356 g/mol. The van der Waals surface area contributed by atoms with Crippen LogP contribution in [0.25, 0.3) is 6.08 Å². The number of piperazine rings is 1. The van der Waals surface area contributed by atoms with Crippen molar-refractivity contribution >= 4 is 33.2 Å². The van der Waals surface area contributed by atoms with Crippen molar-refractivity contribution in [2.24, 2.45) is 0 Å². The number of Topliss-reactive ketones (excluding diaryl/α,β-unsaturated/α-hetero) is 1. The summed E-state index contributed by atoms with van der Waals surface area (Å²) >= 11 is 1.44. The van der Waals surface area contributed by atoms with Crippen LogP contribution >= 0.6 is 11.3 Å². The Labute approximate surface area is 152 Å². The number of thiophene rings is 1. The summed E-state index contributed by atoms with van der Waals surface area (Å²) in [5.74, 6) is 0.0929. The second-order valence-electron chi connectivity index (χ2n) is 5.83. The summed E-state index contributed by atoms with van der Waals surface area (Å²) in [6, 6.07) is 13.0. The Kier molecular flexibility index (Phi) is 5.80. The number of hydrogen-bond donors (Lipinski definition) is 0. The molecule has 0 radical (unpaired) electrons. The lowest BCUT2D eigenvalue weighted by Gasteiger charge is -2.32. The summed E-state index contributed by atoms with van der Waals surface area (Å²) in [5, 5.41) is 3.14. The largest absolute Gasteiger partial charge is 0.293 e. The third-order valence-corrected chi connectivity index (χ3v) is 6.56. The van der Waals surface area contributed by atoms with Crippen LogP contribution in [0, 0.1) is 0 Å². The first kappa shape index (κ1) is 18.0. The minimum absolute atomic E-state index is 0.0929. The fourth-order valence-corrected chi connectivity index (χ4v) is 4.51. The number of rotatable bonds is 6. The maximum atomic E-state index is 12.4. The van der Waals surface area contributed by atoms with Gasteiger partial charge in [0.2, 0.25) is 10.0 Å². The lowest BCUT2D eigenvalue weighted by atomic mass is 10.2. The maximum absolute atomic E-state index is 12.4. The van der Waals surface area contributed by atoms with Crippen LogP contribution in [0.4, 0.5) is 0 Å². The van der Waals surface area contributed by atoms with Crippen molar-refractivity contribution in [1.29, 1.82) is 0 Å². The minimum atomic E-state index is -3.43. The molecule has 0 atom stereocenters. The molecule has 2 heterocycles. The van der Waals surface area contributed by atoms with Gasteiger partial charge in [-0.15, -0.1) is 11.3 Å². The zero-order chi connectivity index (χ0) is 17.7. The standard InChI is InChI=1S/C18H20N2O3S2/c21-17(18-7-4-13-24-18)15-19-9-11-20(12-10-19)25(22,23)14-8-16-5-2-1-3-6-16/h1-8,13-14H,9-12,15H2/b14-8+. The van der Waals surface area contributed by atoms with Crippen LogP contribution < -0.4 is 0 Å². The molecule has 25 heavy (non-hydrogen) atoms. The van der Waals surface area contributed by atoms with Crippen LogP contribution in [-0.4, -0.2) is 56.1 Å². The summed E-state index contributed by atoms with van der Waals surface area (Å²) in [6.07, 6.45) is 1.61. The molecule has 1 aliphatic heterocycles. The second kappa shape index (κ2) is 8.05.